The molecule has 0 aliphatic heterocycles. The van der Waals surface area contributed by atoms with Gasteiger partial charge in [0.2, 0.25) is 0 Å². The molecule has 5 heteroatoms. The molecule has 0 aromatic heterocycles. The Morgan fingerprint density at radius 2 is 1.75 bits per heavy atom. The van der Waals surface area contributed by atoms with Crippen molar-refractivity contribution in [2.24, 2.45) is 23.7 Å². The molecule has 0 N–H and O–H groups in total. The van der Waals surface area contributed by atoms with E-state index in [2.05, 4.69) is 0 Å². The van der Waals surface area contributed by atoms with Crippen molar-refractivity contribution in [1.29, 1.82) is 0 Å². The minimum atomic E-state index is -0.955. The van der Waals surface area contributed by atoms with E-state index in [-0.39, 0.29) is 37.3 Å². The summed E-state index contributed by atoms with van der Waals surface area (Å²) in [4.78, 5) is 36.0. The average Bonchev–Trinajstić information content (AvgIpc) is 2.98. The summed E-state index contributed by atoms with van der Waals surface area (Å²) < 4.78 is 9.89. The summed E-state index contributed by atoms with van der Waals surface area (Å²) in [5.74, 6) is -1.56. The Morgan fingerprint density at radius 3 is 2.20 bits per heavy atom. The second-order valence-electron chi connectivity index (χ2n) is 5.57. The Hall–Kier alpha value is -1.39. The van der Waals surface area contributed by atoms with Gasteiger partial charge in [0.15, 0.2) is 5.92 Å². The number of rotatable bonds is 6. The third-order valence-electron chi connectivity index (χ3n) is 4.44. The van der Waals surface area contributed by atoms with E-state index in [4.69, 9.17) is 9.47 Å². The number of hydrogen-bond acceptors (Lipinski definition) is 5. The molecule has 0 aromatic rings. The van der Waals surface area contributed by atoms with Crippen molar-refractivity contribution >= 4 is 17.7 Å². The van der Waals surface area contributed by atoms with Crippen molar-refractivity contribution in [1.82, 2.24) is 0 Å². The smallest absolute Gasteiger partial charge is 0.320 e. The molecular weight excluding hydrogens is 260 g/mol. The molecule has 2 rings (SSSR count). The largest absolute Gasteiger partial charge is 0.465 e. The minimum absolute atomic E-state index is 0.148. The van der Waals surface area contributed by atoms with Gasteiger partial charge in [-0.1, -0.05) is 0 Å². The van der Waals surface area contributed by atoms with Crippen LogP contribution in [0.2, 0.25) is 0 Å². The zero-order valence-electron chi connectivity index (χ0n) is 12.1. The molecule has 3 atom stereocenters. The van der Waals surface area contributed by atoms with Gasteiger partial charge >= 0.3 is 11.9 Å². The maximum atomic E-state index is 12.2. The molecule has 0 radical (unpaired) electrons. The first-order valence-electron chi connectivity index (χ1n) is 7.45. The number of esters is 2. The van der Waals surface area contributed by atoms with E-state index in [1.807, 2.05) is 0 Å². The molecule has 0 aromatic carbocycles. The van der Waals surface area contributed by atoms with Gasteiger partial charge < -0.3 is 9.47 Å². The summed E-state index contributed by atoms with van der Waals surface area (Å²) in [5.41, 5.74) is 0. The van der Waals surface area contributed by atoms with Crippen molar-refractivity contribution in [3.05, 3.63) is 0 Å². The average molecular weight is 282 g/mol. The summed E-state index contributed by atoms with van der Waals surface area (Å²) in [7, 11) is 0. The zero-order valence-corrected chi connectivity index (χ0v) is 12.1. The SMILES string of the molecule is CCOC(=O)C(C[C@H]1C(=O)[C@H]2CC[C@@H]1C2)C(=O)OCC. The molecule has 2 saturated carbocycles. The van der Waals surface area contributed by atoms with Crippen LogP contribution in [0.25, 0.3) is 0 Å². The highest BCUT2D eigenvalue weighted by molar-refractivity contribution is 5.96. The van der Waals surface area contributed by atoms with E-state index in [0.717, 1.165) is 19.3 Å². The molecule has 2 bridgehead atoms. The van der Waals surface area contributed by atoms with Gasteiger partial charge in [-0.2, -0.15) is 0 Å². The molecular formula is C15H22O5. The molecule has 2 aliphatic carbocycles. The lowest BCUT2D eigenvalue weighted by atomic mass is 9.81. The predicted molar refractivity (Wildman–Crippen MR) is 70.7 cm³/mol. The third kappa shape index (κ3) is 2.86. The molecule has 5 nitrogen and oxygen atoms in total. The monoisotopic (exact) mass is 282 g/mol. The summed E-state index contributed by atoms with van der Waals surface area (Å²) in [6.07, 6.45) is 3.16. The van der Waals surface area contributed by atoms with Crippen molar-refractivity contribution < 1.29 is 23.9 Å². The van der Waals surface area contributed by atoms with Gasteiger partial charge in [0.1, 0.15) is 5.78 Å². The van der Waals surface area contributed by atoms with E-state index >= 15 is 0 Å². The van der Waals surface area contributed by atoms with Crippen LogP contribution in [-0.2, 0) is 23.9 Å². The Morgan fingerprint density at radius 1 is 1.15 bits per heavy atom. The van der Waals surface area contributed by atoms with Crippen LogP contribution in [-0.4, -0.2) is 30.9 Å². The summed E-state index contributed by atoms with van der Waals surface area (Å²) in [6, 6.07) is 0. The number of fused-ring (bicyclic) bond motifs is 2. The van der Waals surface area contributed by atoms with Crippen molar-refractivity contribution in [2.45, 2.75) is 39.5 Å². The molecule has 0 spiro atoms. The first-order valence-corrected chi connectivity index (χ1v) is 7.45. The number of ketones is 1. The van der Waals surface area contributed by atoms with Crippen molar-refractivity contribution in [3.63, 3.8) is 0 Å². The topological polar surface area (TPSA) is 69.7 Å². The number of hydrogen-bond donors (Lipinski definition) is 0. The normalized spacial score (nSPS) is 27.9. The Bertz CT molecular complexity index is 385. The van der Waals surface area contributed by atoms with E-state index < -0.39 is 17.9 Å². The van der Waals surface area contributed by atoms with E-state index in [1.54, 1.807) is 13.8 Å². The van der Waals surface area contributed by atoms with Gasteiger partial charge in [0.25, 0.3) is 0 Å². The standard InChI is InChI=1S/C15H22O5/c1-3-19-14(17)12(15(18)20-4-2)8-11-9-5-6-10(7-9)13(11)16/h9-12H,3-8H2,1-2H3/t9-,10+,11-/m1/s1. The lowest BCUT2D eigenvalue weighted by Crippen LogP contribution is -2.34. The van der Waals surface area contributed by atoms with E-state index in [9.17, 15) is 14.4 Å². The Balaban J connectivity index is 2.05. The fourth-order valence-electron chi connectivity index (χ4n) is 3.51. The van der Waals surface area contributed by atoms with Gasteiger partial charge in [-0.15, -0.1) is 0 Å². The number of carbonyl (C=O) groups is 3. The Labute approximate surface area is 119 Å². The van der Waals surface area contributed by atoms with Crippen molar-refractivity contribution in [3.8, 4) is 0 Å². The summed E-state index contributed by atoms with van der Waals surface area (Å²) in [6.45, 7) is 3.84. The first-order chi connectivity index (χ1) is 9.58. The first kappa shape index (κ1) is 15.0. The van der Waals surface area contributed by atoms with Gasteiger partial charge in [-0.3, -0.25) is 14.4 Å². The fraction of sp³-hybridized carbons (Fsp3) is 0.800. The van der Waals surface area contributed by atoms with Gasteiger partial charge in [0, 0.05) is 11.8 Å². The van der Waals surface area contributed by atoms with Crippen LogP contribution >= 0.6 is 0 Å². The highest BCUT2D eigenvalue weighted by Gasteiger charge is 2.49. The van der Waals surface area contributed by atoms with E-state index in [0.29, 0.717) is 5.92 Å². The quantitative estimate of drug-likeness (QED) is 0.548. The number of carbonyl (C=O) groups excluding carboxylic acids is 3. The van der Waals surface area contributed by atoms with Crippen LogP contribution in [0.4, 0.5) is 0 Å². The molecule has 20 heavy (non-hydrogen) atoms. The fourth-order valence-corrected chi connectivity index (χ4v) is 3.51. The van der Waals surface area contributed by atoms with Crippen LogP contribution < -0.4 is 0 Å². The summed E-state index contributed by atoms with van der Waals surface area (Å²) >= 11 is 0. The second kappa shape index (κ2) is 6.37. The zero-order chi connectivity index (χ0) is 14.7. The van der Waals surface area contributed by atoms with Crippen LogP contribution in [0.15, 0.2) is 0 Å². The lowest BCUT2D eigenvalue weighted by molar-refractivity contribution is -0.162. The molecule has 2 fully saturated rings. The predicted octanol–water partition coefficient (Wildman–Crippen LogP) is 1.73. The molecule has 112 valence electrons. The van der Waals surface area contributed by atoms with Gasteiger partial charge in [-0.25, -0.2) is 0 Å². The van der Waals surface area contributed by atoms with E-state index in [1.165, 1.54) is 0 Å². The van der Waals surface area contributed by atoms with Crippen LogP contribution in [0, 0.1) is 23.7 Å². The van der Waals surface area contributed by atoms with Crippen LogP contribution in [0.3, 0.4) is 0 Å². The molecule has 0 saturated heterocycles. The molecule has 0 amide bonds. The lowest BCUT2D eigenvalue weighted by Gasteiger charge is -2.23. The third-order valence-corrected chi connectivity index (χ3v) is 4.44. The molecule has 0 unspecified atom stereocenters. The van der Waals surface area contributed by atoms with Gasteiger partial charge in [-0.05, 0) is 45.4 Å². The maximum Gasteiger partial charge on any atom is 0.320 e. The summed E-state index contributed by atoms with van der Waals surface area (Å²) in [5, 5.41) is 0. The highest BCUT2D eigenvalue weighted by atomic mass is 16.6. The number of Topliss-reactive ketones (excluding diaryl/α,β-unsaturated/α-hetero) is 1. The highest BCUT2D eigenvalue weighted by Crippen LogP contribution is 2.48. The van der Waals surface area contributed by atoms with Crippen LogP contribution in [0.1, 0.15) is 39.5 Å². The van der Waals surface area contributed by atoms with Gasteiger partial charge in [0.05, 0.1) is 13.2 Å². The Kier molecular flexibility index (Phi) is 4.78. The molecule has 0 heterocycles. The van der Waals surface area contributed by atoms with Crippen LogP contribution in [0.5, 0.6) is 0 Å². The van der Waals surface area contributed by atoms with Crippen molar-refractivity contribution in [2.75, 3.05) is 13.2 Å². The molecule has 2 aliphatic rings. The minimum Gasteiger partial charge on any atom is -0.465 e. The maximum absolute atomic E-state index is 12.2. The second-order valence-corrected chi connectivity index (χ2v) is 5.57. The number of ether oxygens (including phenoxy) is 2.